The number of methoxy groups -OCH3 is 1. The van der Waals surface area contributed by atoms with Gasteiger partial charge < -0.3 is 20.1 Å². The van der Waals surface area contributed by atoms with E-state index in [9.17, 15) is 4.79 Å². The predicted octanol–water partition coefficient (Wildman–Crippen LogP) is 5.10. The molecule has 0 radical (unpaired) electrons. The minimum atomic E-state index is -0.137. The Hall–Kier alpha value is -2.69. The normalized spacial score (nSPS) is 10.3. The zero-order valence-corrected chi connectivity index (χ0v) is 16.3. The molecule has 0 fully saturated rings. The Morgan fingerprint density at radius 3 is 2.63 bits per heavy atom. The summed E-state index contributed by atoms with van der Waals surface area (Å²) in [5, 5.41) is 5.98. The van der Waals surface area contributed by atoms with Crippen LogP contribution in [0.15, 0.2) is 48.5 Å². The number of hydrogen-bond acceptors (Lipinski definition) is 4. The highest BCUT2D eigenvalue weighted by molar-refractivity contribution is 5.95. The number of amides is 1. The Morgan fingerprint density at radius 1 is 1.00 bits per heavy atom. The van der Waals surface area contributed by atoms with E-state index in [2.05, 4.69) is 17.6 Å². The van der Waals surface area contributed by atoms with Crippen LogP contribution in [0.5, 0.6) is 11.5 Å². The van der Waals surface area contributed by atoms with Crippen LogP contribution < -0.4 is 20.1 Å². The third-order valence-electron chi connectivity index (χ3n) is 4.18. The van der Waals surface area contributed by atoms with E-state index >= 15 is 0 Å². The molecule has 0 unspecified atom stereocenters. The van der Waals surface area contributed by atoms with Gasteiger partial charge >= 0.3 is 0 Å². The van der Waals surface area contributed by atoms with Crippen molar-refractivity contribution >= 4 is 17.3 Å². The van der Waals surface area contributed by atoms with E-state index in [1.807, 2.05) is 48.5 Å². The second-order valence-electron chi connectivity index (χ2n) is 6.39. The summed E-state index contributed by atoms with van der Waals surface area (Å²) in [5.74, 6) is 1.32. The molecule has 27 heavy (non-hydrogen) atoms. The fraction of sp³-hybridized carbons (Fsp3) is 0.409. The van der Waals surface area contributed by atoms with Gasteiger partial charge in [-0.3, -0.25) is 4.79 Å². The standard InChI is InChI=1S/C22H30N2O3/c1-3-4-5-6-9-15-27-19-12-10-11-18(16-19)23-17-22(25)24-20-13-7-8-14-21(20)26-2/h7-8,10-14,16,23H,3-6,9,15,17H2,1-2H3,(H,24,25). The molecule has 2 aromatic rings. The van der Waals surface area contributed by atoms with Crippen molar-refractivity contribution in [2.45, 2.75) is 39.0 Å². The number of rotatable bonds is 12. The zero-order valence-electron chi connectivity index (χ0n) is 16.3. The first kappa shape index (κ1) is 20.6. The fourth-order valence-electron chi connectivity index (χ4n) is 2.72. The summed E-state index contributed by atoms with van der Waals surface area (Å²) >= 11 is 0. The number of ether oxygens (including phenoxy) is 2. The minimum absolute atomic E-state index is 0.137. The number of hydrogen-bond donors (Lipinski definition) is 2. The average Bonchev–Trinajstić information content (AvgIpc) is 2.70. The van der Waals surface area contributed by atoms with E-state index in [1.54, 1.807) is 7.11 Å². The third kappa shape index (κ3) is 7.60. The summed E-state index contributed by atoms with van der Waals surface area (Å²) in [4.78, 5) is 12.2. The molecule has 0 spiro atoms. The van der Waals surface area contributed by atoms with E-state index < -0.39 is 0 Å². The lowest BCUT2D eigenvalue weighted by molar-refractivity contribution is -0.114. The van der Waals surface area contributed by atoms with E-state index in [1.165, 1.54) is 25.7 Å². The fourth-order valence-corrected chi connectivity index (χ4v) is 2.72. The zero-order chi connectivity index (χ0) is 19.3. The van der Waals surface area contributed by atoms with Crippen molar-refractivity contribution in [3.05, 3.63) is 48.5 Å². The van der Waals surface area contributed by atoms with Gasteiger partial charge in [0, 0.05) is 11.8 Å². The van der Waals surface area contributed by atoms with Crippen molar-refractivity contribution in [3.8, 4) is 11.5 Å². The number of unbranched alkanes of at least 4 members (excludes halogenated alkanes) is 4. The van der Waals surface area contributed by atoms with Crippen molar-refractivity contribution in [3.63, 3.8) is 0 Å². The topological polar surface area (TPSA) is 59.6 Å². The van der Waals surface area contributed by atoms with Gasteiger partial charge in [0.05, 0.1) is 25.9 Å². The van der Waals surface area contributed by atoms with E-state index in [4.69, 9.17) is 9.47 Å². The smallest absolute Gasteiger partial charge is 0.243 e. The molecule has 0 saturated carbocycles. The maximum atomic E-state index is 12.2. The molecule has 146 valence electrons. The molecule has 0 heterocycles. The Morgan fingerprint density at radius 2 is 1.81 bits per heavy atom. The van der Waals surface area contributed by atoms with Gasteiger partial charge in [0.1, 0.15) is 11.5 Å². The number of carbonyl (C=O) groups is 1. The molecular formula is C22H30N2O3. The van der Waals surface area contributed by atoms with Gasteiger partial charge in [-0.2, -0.15) is 0 Å². The van der Waals surface area contributed by atoms with Crippen LogP contribution in [0.25, 0.3) is 0 Å². The van der Waals surface area contributed by atoms with Gasteiger partial charge in [-0.1, -0.05) is 50.8 Å². The lowest BCUT2D eigenvalue weighted by Gasteiger charge is -2.12. The van der Waals surface area contributed by atoms with Gasteiger partial charge in [-0.05, 0) is 30.7 Å². The number of benzene rings is 2. The van der Waals surface area contributed by atoms with Crippen LogP contribution in [0.4, 0.5) is 11.4 Å². The molecule has 0 aromatic heterocycles. The molecule has 2 rings (SSSR count). The average molecular weight is 370 g/mol. The highest BCUT2D eigenvalue weighted by Gasteiger charge is 2.07. The first-order valence-electron chi connectivity index (χ1n) is 9.62. The molecular weight excluding hydrogens is 340 g/mol. The van der Waals surface area contributed by atoms with Crippen LogP contribution in [0, 0.1) is 0 Å². The molecule has 0 bridgehead atoms. The van der Waals surface area contributed by atoms with Gasteiger partial charge in [0.25, 0.3) is 0 Å². The summed E-state index contributed by atoms with van der Waals surface area (Å²) in [6.07, 6.45) is 6.08. The molecule has 5 heteroatoms. The molecule has 0 atom stereocenters. The molecule has 0 aliphatic rings. The summed E-state index contributed by atoms with van der Waals surface area (Å²) < 4.78 is 11.0. The van der Waals surface area contributed by atoms with Crippen LogP contribution in [0.1, 0.15) is 39.0 Å². The van der Waals surface area contributed by atoms with Gasteiger partial charge in [0.15, 0.2) is 0 Å². The van der Waals surface area contributed by atoms with Crippen LogP contribution in [-0.4, -0.2) is 26.2 Å². The Bertz CT molecular complexity index is 703. The van der Waals surface area contributed by atoms with Crippen LogP contribution >= 0.6 is 0 Å². The molecule has 0 aliphatic heterocycles. The molecule has 2 N–H and O–H groups in total. The van der Waals surface area contributed by atoms with Crippen LogP contribution in [0.2, 0.25) is 0 Å². The third-order valence-corrected chi connectivity index (χ3v) is 4.18. The maximum Gasteiger partial charge on any atom is 0.243 e. The van der Waals surface area contributed by atoms with Crippen LogP contribution in [0.3, 0.4) is 0 Å². The predicted molar refractivity (Wildman–Crippen MR) is 111 cm³/mol. The lowest BCUT2D eigenvalue weighted by Crippen LogP contribution is -2.22. The van der Waals surface area contributed by atoms with E-state index in [0.29, 0.717) is 11.4 Å². The second kappa shape index (κ2) is 11.8. The van der Waals surface area contributed by atoms with Gasteiger partial charge in [0.2, 0.25) is 5.91 Å². The van der Waals surface area contributed by atoms with E-state index in [-0.39, 0.29) is 12.5 Å². The largest absolute Gasteiger partial charge is 0.495 e. The molecule has 5 nitrogen and oxygen atoms in total. The summed E-state index contributed by atoms with van der Waals surface area (Å²) in [6.45, 7) is 3.10. The highest BCUT2D eigenvalue weighted by Crippen LogP contribution is 2.23. The van der Waals surface area contributed by atoms with Crippen LogP contribution in [-0.2, 0) is 4.79 Å². The van der Waals surface area contributed by atoms with Gasteiger partial charge in [-0.25, -0.2) is 0 Å². The van der Waals surface area contributed by atoms with Crippen molar-refractivity contribution in [2.24, 2.45) is 0 Å². The lowest BCUT2D eigenvalue weighted by atomic mass is 10.2. The Labute approximate surface area is 162 Å². The molecule has 2 aromatic carbocycles. The Balaban J connectivity index is 1.76. The maximum absolute atomic E-state index is 12.2. The summed E-state index contributed by atoms with van der Waals surface area (Å²) in [5.41, 5.74) is 1.51. The molecule has 0 saturated heterocycles. The number of carbonyl (C=O) groups excluding carboxylic acids is 1. The van der Waals surface area contributed by atoms with Crippen molar-refractivity contribution in [2.75, 3.05) is 30.9 Å². The van der Waals surface area contributed by atoms with Crippen molar-refractivity contribution < 1.29 is 14.3 Å². The molecule has 0 aliphatic carbocycles. The minimum Gasteiger partial charge on any atom is -0.495 e. The van der Waals surface area contributed by atoms with Gasteiger partial charge in [-0.15, -0.1) is 0 Å². The van der Waals surface area contributed by atoms with E-state index in [0.717, 1.165) is 24.5 Å². The number of para-hydroxylation sites is 2. The molecule has 1 amide bonds. The highest BCUT2D eigenvalue weighted by atomic mass is 16.5. The van der Waals surface area contributed by atoms with Crippen molar-refractivity contribution in [1.29, 1.82) is 0 Å². The summed E-state index contributed by atoms with van der Waals surface area (Å²) in [6, 6.07) is 15.0. The quantitative estimate of drug-likeness (QED) is 0.511. The second-order valence-corrected chi connectivity index (χ2v) is 6.39. The SMILES string of the molecule is CCCCCCCOc1cccc(NCC(=O)Nc2ccccc2OC)c1. The monoisotopic (exact) mass is 370 g/mol. The number of nitrogens with one attached hydrogen (secondary N) is 2. The van der Waals surface area contributed by atoms with Crippen molar-refractivity contribution in [1.82, 2.24) is 0 Å². The summed E-state index contributed by atoms with van der Waals surface area (Å²) in [7, 11) is 1.58. The number of anilines is 2. The first-order chi connectivity index (χ1) is 13.2. The Kier molecular flexibility index (Phi) is 9.04. The first-order valence-corrected chi connectivity index (χ1v) is 9.62.